The van der Waals surface area contributed by atoms with Crippen molar-refractivity contribution in [3.05, 3.63) is 12.8 Å². The van der Waals surface area contributed by atoms with Crippen molar-refractivity contribution < 1.29 is 35.0 Å². The fourth-order valence-corrected chi connectivity index (χ4v) is 2.79. The molecule has 0 atom stereocenters. The molecule has 0 unspecified atom stereocenters. The average molecular weight is 393 g/mol. The van der Waals surface area contributed by atoms with E-state index in [1.807, 2.05) is 0 Å². The third kappa shape index (κ3) is 25.3. The van der Waals surface area contributed by atoms with Crippen LogP contribution in [0.5, 0.6) is 0 Å². The van der Waals surface area contributed by atoms with Crippen LogP contribution in [0.4, 0.5) is 0 Å². The van der Waals surface area contributed by atoms with E-state index in [0.717, 1.165) is 25.0 Å². The molecule has 0 aliphatic rings. The van der Waals surface area contributed by atoms with Gasteiger partial charge in [-0.15, -0.1) is 0 Å². The van der Waals surface area contributed by atoms with Crippen LogP contribution in [0.15, 0.2) is 12.8 Å². The van der Waals surface area contributed by atoms with E-state index in [0.29, 0.717) is 6.61 Å². The molecular weight excluding hydrogens is 352 g/mol. The topological polar surface area (TPSA) is 64.6 Å². The van der Waals surface area contributed by atoms with E-state index in [2.05, 4.69) is 50.5 Å². The van der Waals surface area contributed by atoms with Gasteiger partial charge in [-0.05, 0) is 22.4 Å². The second-order valence-corrected chi connectivity index (χ2v) is 7.20. The van der Waals surface area contributed by atoms with Gasteiger partial charge in [0.1, 0.15) is 6.26 Å². The highest BCUT2D eigenvalue weighted by Crippen LogP contribution is 2.14. The van der Waals surface area contributed by atoms with Crippen molar-refractivity contribution in [1.82, 2.24) is 0 Å². The molecule has 7 nitrogen and oxygen atoms in total. The zero-order valence-corrected chi connectivity index (χ0v) is 17.3. The molecule has 0 aromatic carbocycles. The standard InChI is InChI=1S/C20H40O7/c1-4-21-23-25-27-26-24-22-19-17-15-13-11-9-7-5-6-8-10-12-14-16-18-20(2)3/h4,20H,1,5-19H2,2-3H3. The van der Waals surface area contributed by atoms with Crippen LogP contribution in [0.3, 0.4) is 0 Å². The van der Waals surface area contributed by atoms with Crippen molar-refractivity contribution in [2.24, 2.45) is 5.92 Å². The maximum Gasteiger partial charge on any atom is 0.125 e. The smallest absolute Gasteiger partial charge is 0.125 e. The van der Waals surface area contributed by atoms with Crippen molar-refractivity contribution in [3.8, 4) is 0 Å². The monoisotopic (exact) mass is 392 g/mol. The molecule has 0 spiro atoms. The van der Waals surface area contributed by atoms with Crippen molar-refractivity contribution >= 4 is 0 Å². The van der Waals surface area contributed by atoms with E-state index >= 15 is 0 Å². The number of hydrogen-bond acceptors (Lipinski definition) is 7. The van der Waals surface area contributed by atoms with Gasteiger partial charge in [0.05, 0.1) is 6.61 Å². The summed E-state index contributed by atoms with van der Waals surface area (Å²) in [5.74, 6) is 0.860. The Kier molecular flexibility index (Phi) is 22.7. The van der Waals surface area contributed by atoms with E-state index in [1.54, 1.807) is 0 Å². The molecule has 0 N–H and O–H groups in total. The molecular formula is C20H40O7. The average Bonchev–Trinajstić information content (AvgIpc) is 2.65. The highest BCUT2D eigenvalue weighted by Gasteiger charge is 1.97. The first kappa shape index (κ1) is 26.3. The molecule has 0 aliphatic heterocycles. The Morgan fingerprint density at radius 2 is 1.04 bits per heavy atom. The third-order valence-corrected chi connectivity index (χ3v) is 4.28. The first-order valence-electron chi connectivity index (χ1n) is 10.5. The summed E-state index contributed by atoms with van der Waals surface area (Å²) in [4.78, 5) is 8.83. The summed E-state index contributed by atoms with van der Waals surface area (Å²) in [7, 11) is 0. The van der Waals surface area contributed by atoms with Crippen molar-refractivity contribution in [3.63, 3.8) is 0 Å². The summed E-state index contributed by atoms with van der Waals surface area (Å²) in [6.07, 6.45) is 19.4. The van der Waals surface area contributed by atoms with Crippen LogP contribution in [0, 0.1) is 5.92 Å². The van der Waals surface area contributed by atoms with Crippen LogP contribution in [-0.2, 0) is 35.0 Å². The summed E-state index contributed by atoms with van der Waals surface area (Å²) >= 11 is 0. The van der Waals surface area contributed by atoms with Gasteiger partial charge >= 0.3 is 0 Å². The van der Waals surface area contributed by atoms with Gasteiger partial charge in [0, 0.05) is 15.1 Å². The number of rotatable bonds is 23. The Labute approximate surface area is 164 Å². The van der Waals surface area contributed by atoms with Crippen LogP contribution in [0.25, 0.3) is 0 Å². The van der Waals surface area contributed by atoms with Crippen LogP contribution in [-0.4, -0.2) is 6.61 Å². The molecule has 0 saturated carbocycles. The molecule has 162 valence electrons. The van der Waals surface area contributed by atoms with Crippen molar-refractivity contribution in [2.75, 3.05) is 6.61 Å². The van der Waals surface area contributed by atoms with Gasteiger partial charge in [0.25, 0.3) is 0 Å². The van der Waals surface area contributed by atoms with E-state index in [1.165, 1.54) is 77.0 Å². The molecule has 0 radical (unpaired) electrons. The normalized spacial score (nSPS) is 11.2. The van der Waals surface area contributed by atoms with Gasteiger partial charge in [-0.1, -0.05) is 104 Å². The number of unbranched alkanes of at least 4 members (excludes halogenated alkanes) is 12. The fourth-order valence-electron chi connectivity index (χ4n) is 2.79. The molecule has 0 aromatic rings. The van der Waals surface area contributed by atoms with Gasteiger partial charge in [-0.3, -0.25) is 0 Å². The van der Waals surface area contributed by atoms with E-state index in [4.69, 9.17) is 4.89 Å². The molecule has 0 bridgehead atoms. The Morgan fingerprint density at radius 1 is 0.593 bits per heavy atom. The predicted molar refractivity (Wildman–Crippen MR) is 102 cm³/mol. The lowest BCUT2D eigenvalue weighted by molar-refractivity contribution is -0.786. The van der Waals surface area contributed by atoms with Gasteiger partial charge in [0.2, 0.25) is 0 Å². The van der Waals surface area contributed by atoms with E-state index < -0.39 is 0 Å². The summed E-state index contributed by atoms with van der Waals surface area (Å²) in [5.41, 5.74) is 0. The lowest BCUT2D eigenvalue weighted by atomic mass is 10.0. The Bertz CT molecular complexity index is 288. The summed E-state index contributed by atoms with van der Waals surface area (Å²) < 4.78 is 0. The minimum absolute atomic E-state index is 0.421. The molecule has 0 amide bonds. The Balaban J connectivity index is 2.98. The molecule has 7 heteroatoms. The van der Waals surface area contributed by atoms with Crippen LogP contribution in [0.1, 0.15) is 104 Å². The fraction of sp³-hybridized carbons (Fsp3) is 0.900. The maximum atomic E-state index is 4.72. The van der Waals surface area contributed by atoms with Gasteiger partial charge in [-0.2, -0.15) is 0 Å². The molecule has 27 heavy (non-hydrogen) atoms. The van der Waals surface area contributed by atoms with Crippen LogP contribution >= 0.6 is 0 Å². The van der Waals surface area contributed by atoms with Gasteiger partial charge in [-0.25, -0.2) is 4.89 Å². The number of hydrogen-bond donors (Lipinski definition) is 0. The summed E-state index contributed by atoms with van der Waals surface area (Å²) in [5, 5.41) is 20.0. The minimum Gasteiger partial charge on any atom is -0.315 e. The first-order valence-corrected chi connectivity index (χ1v) is 10.5. The minimum atomic E-state index is 0.421. The van der Waals surface area contributed by atoms with Crippen molar-refractivity contribution in [2.45, 2.75) is 104 Å². The Hall–Kier alpha value is -0.700. The Morgan fingerprint density at radius 3 is 1.56 bits per heavy atom. The van der Waals surface area contributed by atoms with E-state index in [9.17, 15) is 0 Å². The lowest BCUT2D eigenvalue weighted by Crippen LogP contribution is -2.01. The lowest BCUT2D eigenvalue weighted by Gasteiger charge is -2.05. The van der Waals surface area contributed by atoms with Crippen LogP contribution in [0.2, 0.25) is 0 Å². The van der Waals surface area contributed by atoms with Crippen molar-refractivity contribution in [1.29, 1.82) is 0 Å². The highest BCUT2D eigenvalue weighted by atomic mass is 17.9. The molecule has 0 rings (SSSR count). The summed E-state index contributed by atoms with van der Waals surface area (Å²) in [6.45, 7) is 8.25. The van der Waals surface area contributed by atoms with Gasteiger partial charge in [0.15, 0.2) is 0 Å². The summed E-state index contributed by atoms with van der Waals surface area (Å²) in [6, 6.07) is 0. The molecule has 0 saturated heterocycles. The van der Waals surface area contributed by atoms with E-state index in [-0.39, 0.29) is 0 Å². The molecule has 0 aromatic heterocycles. The maximum absolute atomic E-state index is 4.72. The zero-order chi connectivity index (χ0) is 19.8. The SMILES string of the molecule is C=COOOOOOOCCCCCCCCCCCCCCCC(C)C. The van der Waals surface area contributed by atoms with Gasteiger partial charge < -0.3 is 4.89 Å². The largest absolute Gasteiger partial charge is 0.315 e. The third-order valence-electron chi connectivity index (χ3n) is 4.28. The van der Waals surface area contributed by atoms with Crippen LogP contribution < -0.4 is 0 Å². The molecule has 0 fully saturated rings. The quantitative estimate of drug-likeness (QED) is 0.0815. The predicted octanol–water partition coefficient (Wildman–Crippen LogP) is 6.85. The second kappa shape index (κ2) is 23.3. The second-order valence-electron chi connectivity index (χ2n) is 7.20. The zero-order valence-electron chi connectivity index (χ0n) is 17.3. The first-order chi connectivity index (χ1) is 13.3. The molecule has 0 heterocycles. The highest BCUT2D eigenvalue weighted by molar-refractivity contribution is 4.50. The molecule has 0 aliphatic carbocycles.